The second kappa shape index (κ2) is 8.14. The Balaban J connectivity index is 1.67. The Bertz CT molecular complexity index is 951. The summed E-state index contributed by atoms with van der Waals surface area (Å²) < 4.78 is 21.4. The molecule has 0 unspecified atom stereocenters. The molecule has 0 atom stereocenters. The van der Waals surface area contributed by atoms with Gasteiger partial charge in [-0.15, -0.1) is 0 Å². The van der Waals surface area contributed by atoms with Gasteiger partial charge in [-0.1, -0.05) is 30.3 Å². The van der Waals surface area contributed by atoms with Crippen LogP contribution in [0.3, 0.4) is 0 Å². The van der Waals surface area contributed by atoms with Gasteiger partial charge < -0.3 is 24.3 Å². The van der Waals surface area contributed by atoms with Crippen LogP contribution in [0.15, 0.2) is 66.7 Å². The maximum atomic E-state index is 13.1. The van der Waals surface area contributed by atoms with Crippen LogP contribution in [0, 0.1) is 0 Å². The minimum Gasteiger partial charge on any atom is -0.497 e. The summed E-state index contributed by atoms with van der Waals surface area (Å²) in [5.41, 5.74) is 2.29. The zero-order valence-electron chi connectivity index (χ0n) is 16.2. The molecule has 0 fully saturated rings. The number of fused-ring (bicyclic) bond motifs is 1. The van der Waals surface area contributed by atoms with Crippen LogP contribution in [0.2, 0.25) is 0 Å². The van der Waals surface area contributed by atoms with Gasteiger partial charge in [-0.2, -0.15) is 0 Å². The second-order valence-electron chi connectivity index (χ2n) is 6.49. The van der Waals surface area contributed by atoms with Gasteiger partial charge in [0.1, 0.15) is 11.5 Å². The summed E-state index contributed by atoms with van der Waals surface area (Å²) in [5.74, 6) is 2.29. The van der Waals surface area contributed by atoms with Gasteiger partial charge in [0.2, 0.25) is 6.79 Å². The molecule has 29 heavy (non-hydrogen) atoms. The third-order valence-electron chi connectivity index (χ3n) is 4.81. The Morgan fingerprint density at radius 2 is 1.45 bits per heavy atom. The summed E-state index contributed by atoms with van der Waals surface area (Å²) in [5, 5.41) is 3.11. The summed E-state index contributed by atoms with van der Waals surface area (Å²) in [7, 11) is 3.24. The van der Waals surface area contributed by atoms with Crippen LogP contribution < -0.4 is 24.3 Å². The summed E-state index contributed by atoms with van der Waals surface area (Å²) in [6.45, 7) is 0.111. The van der Waals surface area contributed by atoms with Crippen LogP contribution in [0.4, 0.5) is 0 Å². The molecule has 4 rings (SSSR count). The van der Waals surface area contributed by atoms with E-state index in [1.165, 1.54) is 0 Å². The predicted molar refractivity (Wildman–Crippen MR) is 108 cm³/mol. The van der Waals surface area contributed by atoms with Gasteiger partial charge in [0.15, 0.2) is 11.5 Å². The van der Waals surface area contributed by atoms with Crippen molar-refractivity contribution in [1.29, 1.82) is 0 Å². The lowest BCUT2D eigenvalue weighted by molar-refractivity contribution is 0.0938. The molecule has 0 saturated carbocycles. The average Bonchev–Trinajstić information content (AvgIpc) is 3.26. The molecule has 1 amide bonds. The number of para-hydroxylation sites is 1. The van der Waals surface area contributed by atoms with Gasteiger partial charge in [-0.3, -0.25) is 4.79 Å². The first kappa shape index (κ1) is 18.7. The highest BCUT2D eigenvalue weighted by atomic mass is 16.7. The number of carbonyl (C=O) groups excluding carboxylic acids is 1. The fourth-order valence-corrected chi connectivity index (χ4v) is 3.27. The van der Waals surface area contributed by atoms with Crippen molar-refractivity contribution in [2.45, 2.75) is 6.04 Å². The number of rotatable bonds is 6. The molecule has 0 bridgehead atoms. The SMILES string of the molecule is COc1ccc(C(NC(=O)c2cccc3c2OCO3)c2ccc(OC)cc2)cc1. The van der Waals surface area contributed by atoms with Gasteiger partial charge in [-0.25, -0.2) is 0 Å². The maximum absolute atomic E-state index is 13.1. The van der Waals surface area contributed by atoms with E-state index in [1.54, 1.807) is 32.4 Å². The Labute approximate surface area is 169 Å². The molecular formula is C23H21NO5. The van der Waals surface area contributed by atoms with Crippen LogP contribution >= 0.6 is 0 Å². The fourth-order valence-electron chi connectivity index (χ4n) is 3.27. The van der Waals surface area contributed by atoms with Crippen molar-refractivity contribution in [2.24, 2.45) is 0 Å². The third-order valence-corrected chi connectivity index (χ3v) is 4.81. The van der Waals surface area contributed by atoms with Crippen molar-refractivity contribution in [3.8, 4) is 23.0 Å². The van der Waals surface area contributed by atoms with Crippen molar-refractivity contribution in [3.05, 3.63) is 83.4 Å². The van der Waals surface area contributed by atoms with E-state index in [0.29, 0.717) is 17.1 Å². The first-order chi connectivity index (χ1) is 14.2. The van der Waals surface area contributed by atoms with E-state index in [0.717, 1.165) is 22.6 Å². The second-order valence-corrected chi connectivity index (χ2v) is 6.49. The fraction of sp³-hybridized carbons (Fsp3) is 0.174. The number of benzene rings is 3. The van der Waals surface area contributed by atoms with Crippen LogP contribution in [0.1, 0.15) is 27.5 Å². The molecule has 0 radical (unpaired) electrons. The minimum absolute atomic E-state index is 0.111. The smallest absolute Gasteiger partial charge is 0.255 e. The van der Waals surface area contributed by atoms with Crippen molar-refractivity contribution in [2.75, 3.05) is 21.0 Å². The standard InChI is InChI=1S/C23H21NO5/c1-26-17-10-6-15(7-11-17)21(16-8-12-18(27-2)13-9-16)24-23(25)19-4-3-5-20-22(19)29-14-28-20/h3-13,21H,14H2,1-2H3,(H,24,25). The number of ether oxygens (including phenoxy) is 4. The van der Waals surface area contributed by atoms with Gasteiger partial charge in [0.05, 0.1) is 25.8 Å². The van der Waals surface area contributed by atoms with Crippen molar-refractivity contribution in [1.82, 2.24) is 5.32 Å². The Morgan fingerprint density at radius 1 is 0.862 bits per heavy atom. The summed E-state index contributed by atoms with van der Waals surface area (Å²) in [6, 6.07) is 20.1. The van der Waals surface area contributed by atoms with Gasteiger partial charge in [0, 0.05) is 0 Å². The summed E-state index contributed by atoms with van der Waals surface area (Å²) in [6.07, 6.45) is 0. The van der Waals surface area contributed by atoms with Crippen LogP contribution in [-0.4, -0.2) is 26.9 Å². The number of carbonyl (C=O) groups is 1. The highest BCUT2D eigenvalue weighted by Gasteiger charge is 2.25. The number of amides is 1. The number of hydrogen-bond acceptors (Lipinski definition) is 5. The van der Waals surface area contributed by atoms with Crippen molar-refractivity contribution in [3.63, 3.8) is 0 Å². The lowest BCUT2D eigenvalue weighted by Crippen LogP contribution is -2.29. The zero-order valence-corrected chi connectivity index (χ0v) is 16.2. The third kappa shape index (κ3) is 3.82. The average molecular weight is 391 g/mol. The lowest BCUT2D eigenvalue weighted by Gasteiger charge is -2.21. The molecule has 6 nitrogen and oxygen atoms in total. The number of nitrogens with one attached hydrogen (secondary N) is 1. The van der Waals surface area contributed by atoms with E-state index >= 15 is 0 Å². The van der Waals surface area contributed by atoms with E-state index in [9.17, 15) is 4.79 Å². The van der Waals surface area contributed by atoms with Crippen LogP contribution in [0.5, 0.6) is 23.0 Å². The molecule has 0 aliphatic carbocycles. The van der Waals surface area contributed by atoms with Gasteiger partial charge >= 0.3 is 0 Å². The Morgan fingerprint density at radius 3 is 2.00 bits per heavy atom. The highest BCUT2D eigenvalue weighted by molar-refractivity contribution is 5.98. The first-order valence-corrected chi connectivity index (χ1v) is 9.17. The monoisotopic (exact) mass is 391 g/mol. The molecule has 0 spiro atoms. The Hall–Kier alpha value is -3.67. The van der Waals surface area contributed by atoms with Gasteiger partial charge in [0.25, 0.3) is 5.91 Å². The first-order valence-electron chi connectivity index (χ1n) is 9.17. The molecule has 1 N–H and O–H groups in total. The van der Waals surface area contributed by atoms with Gasteiger partial charge in [-0.05, 0) is 47.5 Å². The molecule has 0 aromatic heterocycles. The molecule has 1 aliphatic rings. The highest BCUT2D eigenvalue weighted by Crippen LogP contribution is 2.36. The largest absolute Gasteiger partial charge is 0.497 e. The zero-order chi connectivity index (χ0) is 20.2. The van der Waals surface area contributed by atoms with Crippen LogP contribution in [-0.2, 0) is 0 Å². The van der Waals surface area contributed by atoms with Crippen molar-refractivity contribution >= 4 is 5.91 Å². The van der Waals surface area contributed by atoms with E-state index in [-0.39, 0.29) is 18.7 Å². The van der Waals surface area contributed by atoms with Crippen LogP contribution in [0.25, 0.3) is 0 Å². The molecule has 148 valence electrons. The maximum Gasteiger partial charge on any atom is 0.255 e. The lowest BCUT2D eigenvalue weighted by atomic mass is 9.97. The molecule has 1 aliphatic heterocycles. The number of methoxy groups -OCH3 is 2. The molecular weight excluding hydrogens is 370 g/mol. The summed E-state index contributed by atoms with van der Waals surface area (Å²) in [4.78, 5) is 13.1. The molecule has 1 heterocycles. The molecule has 6 heteroatoms. The molecule has 3 aromatic carbocycles. The molecule has 3 aromatic rings. The van der Waals surface area contributed by atoms with E-state index in [4.69, 9.17) is 18.9 Å². The minimum atomic E-state index is -0.363. The van der Waals surface area contributed by atoms with E-state index in [2.05, 4.69) is 5.32 Å². The van der Waals surface area contributed by atoms with E-state index < -0.39 is 0 Å². The quantitative estimate of drug-likeness (QED) is 0.689. The molecule has 0 saturated heterocycles. The normalized spacial score (nSPS) is 12.0. The summed E-state index contributed by atoms with van der Waals surface area (Å²) >= 11 is 0. The predicted octanol–water partition coefficient (Wildman–Crippen LogP) is 3.95. The van der Waals surface area contributed by atoms with E-state index in [1.807, 2.05) is 48.5 Å². The Kier molecular flexibility index (Phi) is 5.24. The van der Waals surface area contributed by atoms with Crippen molar-refractivity contribution < 1.29 is 23.7 Å². The number of hydrogen-bond donors (Lipinski definition) is 1. The topological polar surface area (TPSA) is 66.0 Å².